The molecule has 170 valence electrons. The maximum atomic E-state index is 13.6. The lowest BCUT2D eigenvalue weighted by atomic mass is 10.0. The van der Waals surface area contributed by atoms with E-state index in [1.165, 1.54) is 10.7 Å². The van der Waals surface area contributed by atoms with Crippen LogP contribution in [0, 0.1) is 19.8 Å². The number of likely N-dealkylation sites (tertiary alicyclic amines) is 1. The molecule has 1 saturated heterocycles. The highest BCUT2D eigenvalue weighted by atomic mass is 32.2. The van der Waals surface area contributed by atoms with E-state index in [1.54, 1.807) is 12.1 Å². The molecule has 1 atom stereocenters. The van der Waals surface area contributed by atoms with Crippen LogP contribution < -0.4 is 4.31 Å². The van der Waals surface area contributed by atoms with E-state index in [9.17, 15) is 13.5 Å². The number of benzene rings is 2. The topological polar surface area (TPSA) is 60.9 Å². The van der Waals surface area contributed by atoms with Gasteiger partial charge in [-0.05, 0) is 75.0 Å². The summed E-state index contributed by atoms with van der Waals surface area (Å²) in [6.07, 6.45) is 3.52. The monoisotopic (exact) mass is 444 g/mol. The Kier molecular flexibility index (Phi) is 7.78. The SMILES string of the molecule is Cc1ccc(N(CC(C)C)S(=O)(=O)c2ccc(C(CO)N3CCCCC3)cc2)c(C)c1. The zero-order valence-corrected chi connectivity index (χ0v) is 20.0. The Morgan fingerprint density at radius 1 is 1.00 bits per heavy atom. The molecule has 1 aliphatic heterocycles. The molecule has 6 heteroatoms. The molecule has 0 amide bonds. The van der Waals surface area contributed by atoms with E-state index >= 15 is 0 Å². The van der Waals surface area contributed by atoms with Crippen molar-refractivity contribution >= 4 is 15.7 Å². The first-order chi connectivity index (χ1) is 14.7. The van der Waals surface area contributed by atoms with Crippen LogP contribution in [0.4, 0.5) is 5.69 Å². The number of anilines is 1. The molecule has 1 N–H and O–H groups in total. The molecule has 0 saturated carbocycles. The van der Waals surface area contributed by atoms with Gasteiger partial charge in [0.15, 0.2) is 0 Å². The number of aryl methyl sites for hydroxylation is 2. The highest BCUT2D eigenvalue weighted by molar-refractivity contribution is 7.92. The summed E-state index contributed by atoms with van der Waals surface area (Å²) in [5.41, 5.74) is 3.75. The van der Waals surface area contributed by atoms with Crippen molar-refractivity contribution < 1.29 is 13.5 Å². The van der Waals surface area contributed by atoms with Gasteiger partial charge in [-0.15, -0.1) is 0 Å². The number of aliphatic hydroxyl groups is 1. The Labute approximate surface area is 187 Å². The van der Waals surface area contributed by atoms with Gasteiger partial charge >= 0.3 is 0 Å². The molecular formula is C25H36N2O3S. The lowest BCUT2D eigenvalue weighted by Crippen LogP contribution is -2.36. The van der Waals surface area contributed by atoms with E-state index in [2.05, 4.69) is 4.90 Å². The van der Waals surface area contributed by atoms with Gasteiger partial charge in [0, 0.05) is 6.54 Å². The molecule has 31 heavy (non-hydrogen) atoms. The van der Waals surface area contributed by atoms with Crippen molar-refractivity contribution in [2.45, 2.75) is 57.9 Å². The molecule has 2 aromatic carbocycles. The van der Waals surface area contributed by atoms with Gasteiger partial charge in [0.1, 0.15) is 0 Å². The van der Waals surface area contributed by atoms with Crippen LogP contribution in [0.25, 0.3) is 0 Å². The van der Waals surface area contributed by atoms with Gasteiger partial charge in [0.05, 0.1) is 23.2 Å². The van der Waals surface area contributed by atoms with Gasteiger partial charge in [-0.25, -0.2) is 8.42 Å². The van der Waals surface area contributed by atoms with Gasteiger partial charge in [-0.2, -0.15) is 0 Å². The van der Waals surface area contributed by atoms with E-state index in [-0.39, 0.29) is 23.5 Å². The van der Waals surface area contributed by atoms with E-state index in [4.69, 9.17) is 0 Å². The second-order valence-electron chi connectivity index (χ2n) is 9.08. The first kappa shape index (κ1) is 23.8. The predicted octanol–water partition coefficient (Wildman–Crippen LogP) is 4.67. The first-order valence-electron chi connectivity index (χ1n) is 11.3. The lowest BCUT2D eigenvalue weighted by molar-refractivity contribution is 0.104. The third kappa shape index (κ3) is 5.48. The van der Waals surface area contributed by atoms with Gasteiger partial charge in [0.2, 0.25) is 0 Å². The summed E-state index contributed by atoms with van der Waals surface area (Å²) in [6.45, 7) is 10.4. The van der Waals surface area contributed by atoms with Crippen LogP contribution in [0.15, 0.2) is 47.4 Å². The summed E-state index contributed by atoms with van der Waals surface area (Å²) in [5, 5.41) is 9.98. The van der Waals surface area contributed by atoms with Gasteiger partial charge in [-0.3, -0.25) is 9.21 Å². The Morgan fingerprint density at radius 3 is 2.19 bits per heavy atom. The standard InChI is InChI=1S/C25H36N2O3S/c1-19(2)17-27(24-13-8-20(3)16-21(24)4)31(29,30)23-11-9-22(10-12-23)25(18-28)26-14-6-5-7-15-26/h8-13,16,19,25,28H,5-7,14-15,17-18H2,1-4H3. The number of sulfonamides is 1. The Morgan fingerprint density at radius 2 is 1.65 bits per heavy atom. The Bertz CT molecular complexity index is 965. The molecule has 0 bridgehead atoms. The number of hydrogen-bond donors (Lipinski definition) is 1. The summed E-state index contributed by atoms with van der Waals surface area (Å²) >= 11 is 0. The highest BCUT2D eigenvalue weighted by Gasteiger charge is 2.28. The molecule has 0 radical (unpaired) electrons. The van der Waals surface area contributed by atoms with E-state index in [1.807, 2.05) is 58.0 Å². The summed E-state index contributed by atoms with van der Waals surface area (Å²) in [7, 11) is -3.70. The van der Waals surface area contributed by atoms with Crippen LogP contribution in [-0.2, 0) is 10.0 Å². The molecular weight excluding hydrogens is 408 g/mol. The highest BCUT2D eigenvalue weighted by Crippen LogP contribution is 2.30. The molecule has 0 aromatic heterocycles. The minimum Gasteiger partial charge on any atom is -0.394 e. The smallest absolute Gasteiger partial charge is 0.264 e. The summed E-state index contributed by atoms with van der Waals surface area (Å²) in [5.74, 6) is 0.188. The second kappa shape index (κ2) is 10.2. The molecule has 1 aliphatic rings. The van der Waals surface area contributed by atoms with Crippen molar-refractivity contribution in [1.82, 2.24) is 4.90 Å². The van der Waals surface area contributed by atoms with Crippen LogP contribution in [0.1, 0.15) is 55.8 Å². The molecule has 1 fully saturated rings. The minimum atomic E-state index is -3.70. The number of rotatable bonds is 8. The fourth-order valence-corrected chi connectivity index (χ4v) is 6.09. The van der Waals surface area contributed by atoms with Crippen LogP contribution in [0.5, 0.6) is 0 Å². The number of nitrogens with zero attached hydrogens (tertiary/aromatic N) is 2. The molecule has 1 heterocycles. The van der Waals surface area contributed by atoms with Gasteiger partial charge < -0.3 is 5.11 Å². The van der Waals surface area contributed by atoms with E-state index < -0.39 is 10.0 Å². The molecule has 2 aromatic rings. The molecule has 0 aliphatic carbocycles. The van der Waals surface area contributed by atoms with Gasteiger partial charge in [0.25, 0.3) is 10.0 Å². The molecule has 0 spiro atoms. The maximum Gasteiger partial charge on any atom is 0.264 e. The Hall–Kier alpha value is -1.89. The van der Waals surface area contributed by atoms with Crippen LogP contribution >= 0.6 is 0 Å². The normalized spacial score (nSPS) is 16.5. The molecule has 1 unspecified atom stereocenters. The van der Waals surface area contributed by atoms with Crippen molar-refractivity contribution in [3.63, 3.8) is 0 Å². The number of hydrogen-bond acceptors (Lipinski definition) is 4. The molecule has 5 nitrogen and oxygen atoms in total. The fraction of sp³-hybridized carbons (Fsp3) is 0.520. The zero-order valence-electron chi connectivity index (χ0n) is 19.2. The average molecular weight is 445 g/mol. The minimum absolute atomic E-state index is 0.0358. The average Bonchev–Trinajstić information content (AvgIpc) is 2.74. The number of aliphatic hydroxyl groups excluding tert-OH is 1. The van der Waals surface area contributed by atoms with Crippen molar-refractivity contribution in [3.05, 3.63) is 59.2 Å². The quantitative estimate of drug-likeness (QED) is 0.643. The Balaban J connectivity index is 1.92. The third-order valence-corrected chi connectivity index (χ3v) is 7.80. The first-order valence-corrected chi connectivity index (χ1v) is 12.7. The summed E-state index contributed by atoms with van der Waals surface area (Å²) in [6, 6.07) is 12.9. The van der Waals surface area contributed by atoms with Crippen LogP contribution in [0.2, 0.25) is 0 Å². The van der Waals surface area contributed by atoms with Crippen LogP contribution in [-0.4, -0.2) is 44.7 Å². The van der Waals surface area contributed by atoms with Crippen molar-refractivity contribution in [2.75, 3.05) is 30.5 Å². The molecule has 3 rings (SSSR count). The summed E-state index contributed by atoms with van der Waals surface area (Å²) < 4.78 is 28.8. The van der Waals surface area contributed by atoms with E-state index in [0.29, 0.717) is 6.54 Å². The van der Waals surface area contributed by atoms with Gasteiger partial charge in [-0.1, -0.05) is 50.1 Å². The van der Waals surface area contributed by atoms with Crippen molar-refractivity contribution in [3.8, 4) is 0 Å². The van der Waals surface area contributed by atoms with Crippen molar-refractivity contribution in [1.29, 1.82) is 0 Å². The van der Waals surface area contributed by atoms with E-state index in [0.717, 1.165) is 48.3 Å². The third-order valence-electron chi connectivity index (χ3n) is 6.01. The predicted molar refractivity (Wildman–Crippen MR) is 127 cm³/mol. The van der Waals surface area contributed by atoms with Crippen molar-refractivity contribution in [2.24, 2.45) is 5.92 Å². The maximum absolute atomic E-state index is 13.6. The summed E-state index contributed by atoms with van der Waals surface area (Å²) in [4.78, 5) is 2.58. The largest absolute Gasteiger partial charge is 0.394 e. The fourth-order valence-electron chi connectivity index (χ4n) is 4.39. The lowest BCUT2D eigenvalue weighted by Gasteiger charge is -2.34. The number of piperidine rings is 1. The zero-order chi connectivity index (χ0) is 22.6. The van der Waals surface area contributed by atoms with Crippen LogP contribution in [0.3, 0.4) is 0 Å². The second-order valence-corrected chi connectivity index (χ2v) is 10.9.